The topological polar surface area (TPSA) is 64.8 Å². The Morgan fingerprint density at radius 2 is 2.10 bits per heavy atom. The lowest BCUT2D eigenvalue weighted by atomic mass is 9.99. The third-order valence-corrected chi connectivity index (χ3v) is 7.06. The average Bonchev–Trinajstić information content (AvgIpc) is 3.24. The van der Waals surface area contributed by atoms with E-state index >= 15 is 0 Å². The molecule has 0 aliphatic carbocycles. The number of morpholine rings is 1. The Balaban J connectivity index is 1.38. The zero-order chi connectivity index (χ0) is 20.9. The molecule has 0 bridgehead atoms. The van der Waals surface area contributed by atoms with Gasteiger partial charge in [-0.15, -0.1) is 11.3 Å². The largest absolute Gasteiger partial charge is 0.487 e. The second-order valence-electron chi connectivity index (χ2n) is 8.78. The highest BCUT2D eigenvalue weighted by Gasteiger charge is 2.31. The van der Waals surface area contributed by atoms with E-state index in [1.165, 1.54) is 22.5 Å². The predicted molar refractivity (Wildman–Crippen MR) is 119 cm³/mol. The zero-order valence-electron chi connectivity index (χ0n) is 17.3. The van der Waals surface area contributed by atoms with Crippen LogP contribution in [0.25, 0.3) is 10.1 Å². The number of amides is 1. The molecular weight excluding hydrogens is 396 g/mol. The van der Waals surface area contributed by atoms with Crippen LogP contribution in [-0.2, 0) is 17.7 Å². The zero-order valence-corrected chi connectivity index (χ0v) is 18.1. The van der Waals surface area contributed by atoms with Gasteiger partial charge in [0.1, 0.15) is 11.4 Å². The molecule has 3 heterocycles. The fourth-order valence-corrected chi connectivity index (χ4v) is 5.71. The Morgan fingerprint density at radius 1 is 1.27 bits per heavy atom. The average molecular weight is 423 g/mol. The van der Waals surface area contributed by atoms with Gasteiger partial charge in [-0.2, -0.15) is 0 Å². The molecule has 1 saturated heterocycles. The van der Waals surface area contributed by atoms with Crippen molar-refractivity contribution < 1.29 is 14.3 Å². The van der Waals surface area contributed by atoms with E-state index in [4.69, 9.17) is 15.2 Å². The van der Waals surface area contributed by atoms with Crippen LogP contribution in [0.5, 0.6) is 5.75 Å². The van der Waals surface area contributed by atoms with E-state index in [1.807, 2.05) is 18.2 Å². The molecule has 5 nitrogen and oxygen atoms in total. The maximum Gasteiger partial charge on any atom is 0.259 e. The summed E-state index contributed by atoms with van der Waals surface area (Å²) in [5.41, 5.74) is 9.08. The number of benzene rings is 2. The molecule has 0 spiro atoms. The van der Waals surface area contributed by atoms with Crippen molar-refractivity contribution in [2.45, 2.75) is 38.5 Å². The summed E-state index contributed by atoms with van der Waals surface area (Å²) in [5.74, 6) is 0.618. The lowest BCUT2D eigenvalue weighted by Gasteiger charge is -2.33. The van der Waals surface area contributed by atoms with Crippen LogP contribution in [0.2, 0.25) is 0 Å². The fraction of sp³-hybridized carbons (Fsp3) is 0.375. The van der Waals surface area contributed by atoms with Crippen molar-refractivity contribution >= 4 is 27.3 Å². The van der Waals surface area contributed by atoms with Crippen molar-refractivity contribution in [2.75, 3.05) is 19.7 Å². The lowest BCUT2D eigenvalue weighted by Crippen LogP contribution is -2.38. The number of fused-ring (bicyclic) bond motifs is 2. The third kappa shape index (κ3) is 3.60. The minimum atomic E-state index is -0.381. The molecule has 1 aromatic heterocycles. The molecule has 0 saturated carbocycles. The number of thiophene rings is 1. The quantitative estimate of drug-likeness (QED) is 0.681. The molecule has 2 aliphatic rings. The van der Waals surface area contributed by atoms with Crippen LogP contribution < -0.4 is 10.5 Å². The first-order valence-corrected chi connectivity index (χ1v) is 11.2. The summed E-state index contributed by atoms with van der Waals surface area (Å²) in [6.45, 7) is 7.33. The molecule has 1 unspecified atom stereocenters. The fourth-order valence-electron chi connectivity index (χ4n) is 4.61. The van der Waals surface area contributed by atoms with E-state index in [1.54, 1.807) is 0 Å². The molecule has 3 aromatic rings. The van der Waals surface area contributed by atoms with E-state index in [-0.39, 0.29) is 17.6 Å². The molecule has 1 fully saturated rings. The van der Waals surface area contributed by atoms with Gasteiger partial charge in [-0.25, -0.2) is 0 Å². The minimum absolute atomic E-state index is 0.129. The van der Waals surface area contributed by atoms with Crippen molar-refractivity contribution in [3.8, 4) is 5.75 Å². The predicted octanol–water partition coefficient (Wildman–Crippen LogP) is 4.29. The second-order valence-corrected chi connectivity index (χ2v) is 9.83. The number of nitrogens with two attached hydrogens (primary N) is 1. The summed E-state index contributed by atoms with van der Waals surface area (Å²) in [6, 6.07) is 14.6. The highest BCUT2D eigenvalue weighted by molar-refractivity contribution is 7.21. The highest BCUT2D eigenvalue weighted by Crippen LogP contribution is 2.39. The third-order valence-electron chi connectivity index (χ3n) is 5.86. The van der Waals surface area contributed by atoms with Crippen LogP contribution in [0.1, 0.15) is 46.3 Å². The Kier molecular flexibility index (Phi) is 4.81. The normalized spacial score (nSPS) is 20.8. The standard InChI is InChI=1S/C24H26N2O3S/c1-24(2)12-16-11-15(7-8-18(16)29-24)13-26-9-10-28-19(14-26)21-17-5-3-4-6-20(17)30-22(21)23(25)27/h3-8,11,19H,9-10,12-14H2,1-2H3,(H2,25,27). The first-order valence-electron chi connectivity index (χ1n) is 10.4. The van der Waals surface area contributed by atoms with Gasteiger partial charge in [0.05, 0.1) is 17.6 Å². The first-order chi connectivity index (χ1) is 14.4. The Hall–Kier alpha value is -2.41. The molecule has 1 amide bonds. The Labute approximate surface area is 180 Å². The molecule has 2 aliphatic heterocycles. The summed E-state index contributed by atoms with van der Waals surface area (Å²) < 4.78 is 13.2. The molecule has 5 rings (SSSR count). The molecule has 6 heteroatoms. The van der Waals surface area contributed by atoms with Crippen molar-refractivity contribution in [2.24, 2.45) is 5.73 Å². The van der Waals surface area contributed by atoms with E-state index in [0.29, 0.717) is 11.5 Å². The van der Waals surface area contributed by atoms with Crippen molar-refractivity contribution in [1.29, 1.82) is 0 Å². The van der Waals surface area contributed by atoms with E-state index < -0.39 is 0 Å². The van der Waals surface area contributed by atoms with Gasteiger partial charge in [-0.3, -0.25) is 9.69 Å². The molecule has 1 atom stereocenters. The van der Waals surface area contributed by atoms with Gasteiger partial charge < -0.3 is 15.2 Å². The first kappa shape index (κ1) is 19.5. The van der Waals surface area contributed by atoms with Gasteiger partial charge in [-0.1, -0.05) is 30.3 Å². The molecule has 2 N–H and O–H groups in total. The summed E-state index contributed by atoms with van der Waals surface area (Å²) in [6.07, 6.45) is 0.777. The SMILES string of the molecule is CC1(C)Cc2cc(CN3CCOC(c4c(C(N)=O)sc5ccccc45)C3)ccc2O1. The van der Waals surface area contributed by atoms with Gasteiger partial charge >= 0.3 is 0 Å². The molecular formula is C24H26N2O3S. The maximum absolute atomic E-state index is 12.1. The molecule has 0 radical (unpaired) electrons. The van der Waals surface area contributed by atoms with Crippen molar-refractivity contribution in [3.05, 3.63) is 64.0 Å². The van der Waals surface area contributed by atoms with Gasteiger partial charge in [0.2, 0.25) is 0 Å². The van der Waals surface area contributed by atoms with Crippen LogP contribution >= 0.6 is 11.3 Å². The van der Waals surface area contributed by atoms with Crippen molar-refractivity contribution in [1.82, 2.24) is 4.90 Å². The number of rotatable bonds is 4. The smallest absolute Gasteiger partial charge is 0.259 e. The number of hydrogen-bond acceptors (Lipinski definition) is 5. The Bertz CT molecular complexity index is 1120. The summed E-state index contributed by atoms with van der Waals surface area (Å²) in [7, 11) is 0. The Morgan fingerprint density at radius 3 is 2.93 bits per heavy atom. The van der Waals surface area contributed by atoms with E-state index in [0.717, 1.165) is 47.5 Å². The maximum atomic E-state index is 12.1. The summed E-state index contributed by atoms with van der Waals surface area (Å²) in [5, 5.41) is 1.07. The number of hydrogen-bond donors (Lipinski definition) is 1. The van der Waals surface area contributed by atoms with Gasteiger partial charge in [0, 0.05) is 36.3 Å². The summed E-state index contributed by atoms with van der Waals surface area (Å²) >= 11 is 1.46. The second kappa shape index (κ2) is 7.38. The van der Waals surface area contributed by atoms with Crippen LogP contribution in [0, 0.1) is 0 Å². The van der Waals surface area contributed by atoms with Crippen molar-refractivity contribution in [3.63, 3.8) is 0 Å². The number of primary amides is 1. The lowest BCUT2D eigenvalue weighted by molar-refractivity contribution is -0.0323. The molecule has 156 valence electrons. The summed E-state index contributed by atoms with van der Waals surface area (Å²) in [4.78, 5) is 15.1. The van der Waals surface area contributed by atoms with Crippen LogP contribution in [0.15, 0.2) is 42.5 Å². The van der Waals surface area contributed by atoms with E-state index in [9.17, 15) is 4.79 Å². The number of ether oxygens (including phenoxy) is 2. The van der Waals surface area contributed by atoms with E-state index in [2.05, 4.69) is 43.0 Å². The number of nitrogens with zero attached hydrogens (tertiary/aromatic N) is 1. The van der Waals surface area contributed by atoms with Crippen LogP contribution in [-0.4, -0.2) is 36.1 Å². The number of carbonyl (C=O) groups excluding carboxylic acids is 1. The highest BCUT2D eigenvalue weighted by atomic mass is 32.1. The molecule has 30 heavy (non-hydrogen) atoms. The van der Waals surface area contributed by atoms with Crippen LogP contribution in [0.3, 0.4) is 0 Å². The minimum Gasteiger partial charge on any atom is -0.487 e. The van der Waals surface area contributed by atoms with Gasteiger partial charge in [0.25, 0.3) is 5.91 Å². The van der Waals surface area contributed by atoms with Crippen LogP contribution in [0.4, 0.5) is 0 Å². The number of carbonyl (C=O) groups is 1. The van der Waals surface area contributed by atoms with Gasteiger partial charge in [0.15, 0.2) is 0 Å². The monoisotopic (exact) mass is 422 g/mol. The molecule has 2 aromatic carbocycles. The van der Waals surface area contributed by atoms with Gasteiger partial charge in [-0.05, 0) is 42.5 Å².